The smallest absolute Gasteiger partial charge is 0.254 e. The van der Waals surface area contributed by atoms with Crippen molar-refractivity contribution in [3.8, 4) is 0 Å². The van der Waals surface area contributed by atoms with Crippen LogP contribution in [-0.4, -0.2) is 25.0 Å². The maximum Gasteiger partial charge on any atom is 0.254 e. The SMILES string of the molecule is CC[C@@H](C)NC(=O)c1ccc(CSc2c(Cl)ccc3c2CCNCC3)cc1F.Cl. The highest BCUT2D eigenvalue weighted by Gasteiger charge is 2.17. The molecule has 0 saturated carbocycles. The van der Waals surface area contributed by atoms with Crippen LogP contribution >= 0.6 is 35.8 Å². The summed E-state index contributed by atoms with van der Waals surface area (Å²) in [6, 6.07) is 8.93. The van der Waals surface area contributed by atoms with Crippen molar-refractivity contribution in [3.05, 3.63) is 63.4 Å². The van der Waals surface area contributed by atoms with Crippen LogP contribution in [0.25, 0.3) is 0 Å². The Hall–Kier alpha value is -1.27. The van der Waals surface area contributed by atoms with Crippen LogP contribution < -0.4 is 10.6 Å². The third kappa shape index (κ3) is 6.11. The number of thioether (sulfide) groups is 1. The fraction of sp³-hybridized carbons (Fsp3) is 0.409. The first kappa shape index (κ1) is 24.0. The van der Waals surface area contributed by atoms with Crippen molar-refractivity contribution in [1.29, 1.82) is 0 Å². The van der Waals surface area contributed by atoms with Gasteiger partial charge in [-0.05, 0) is 74.2 Å². The normalized spacial score (nSPS) is 14.3. The summed E-state index contributed by atoms with van der Waals surface area (Å²) in [5.74, 6) is -0.246. The molecule has 0 aliphatic carbocycles. The number of carbonyl (C=O) groups is 1. The Kier molecular flexibility index (Phi) is 9.28. The Morgan fingerprint density at radius 1 is 1.28 bits per heavy atom. The molecule has 1 aliphatic heterocycles. The van der Waals surface area contributed by atoms with Gasteiger partial charge in [-0.1, -0.05) is 30.7 Å². The molecule has 158 valence electrons. The number of rotatable bonds is 6. The molecule has 0 aromatic heterocycles. The molecule has 1 amide bonds. The number of halogens is 3. The molecule has 2 aromatic rings. The van der Waals surface area contributed by atoms with Crippen molar-refractivity contribution in [2.45, 2.75) is 49.8 Å². The van der Waals surface area contributed by atoms with Crippen molar-refractivity contribution in [2.24, 2.45) is 0 Å². The van der Waals surface area contributed by atoms with Gasteiger partial charge in [0.2, 0.25) is 0 Å². The molecule has 0 fully saturated rings. The van der Waals surface area contributed by atoms with Gasteiger partial charge in [-0.2, -0.15) is 0 Å². The predicted octanol–water partition coefficient (Wildman–Crippen LogP) is 5.41. The van der Waals surface area contributed by atoms with Crippen molar-refractivity contribution in [3.63, 3.8) is 0 Å². The van der Waals surface area contributed by atoms with E-state index in [1.54, 1.807) is 17.8 Å². The molecule has 1 atom stereocenters. The van der Waals surface area contributed by atoms with E-state index in [9.17, 15) is 9.18 Å². The number of hydrogen-bond acceptors (Lipinski definition) is 3. The molecule has 29 heavy (non-hydrogen) atoms. The number of hydrogen-bond donors (Lipinski definition) is 2. The zero-order valence-corrected chi connectivity index (χ0v) is 19.1. The van der Waals surface area contributed by atoms with Crippen LogP contribution in [0, 0.1) is 5.82 Å². The topological polar surface area (TPSA) is 41.1 Å². The van der Waals surface area contributed by atoms with Crippen LogP contribution in [0.1, 0.15) is 47.3 Å². The Labute approximate surface area is 187 Å². The number of fused-ring (bicyclic) bond motifs is 1. The van der Waals surface area contributed by atoms with E-state index < -0.39 is 5.82 Å². The van der Waals surface area contributed by atoms with Crippen molar-refractivity contribution < 1.29 is 9.18 Å². The highest BCUT2D eigenvalue weighted by atomic mass is 35.5. The van der Waals surface area contributed by atoms with Crippen LogP contribution in [-0.2, 0) is 18.6 Å². The van der Waals surface area contributed by atoms with Gasteiger partial charge < -0.3 is 10.6 Å². The molecule has 0 bridgehead atoms. The molecule has 0 unspecified atom stereocenters. The second-order valence-corrected chi connectivity index (χ2v) is 8.54. The average molecular weight is 457 g/mol. The van der Waals surface area contributed by atoms with E-state index in [4.69, 9.17) is 11.6 Å². The van der Waals surface area contributed by atoms with E-state index in [0.717, 1.165) is 47.8 Å². The lowest BCUT2D eigenvalue weighted by Crippen LogP contribution is -2.32. The van der Waals surface area contributed by atoms with Gasteiger partial charge in [0, 0.05) is 16.7 Å². The monoisotopic (exact) mass is 456 g/mol. The van der Waals surface area contributed by atoms with E-state index in [-0.39, 0.29) is 29.9 Å². The fourth-order valence-corrected chi connectivity index (χ4v) is 4.70. The first-order chi connectivity index (χ1) is 13.5. The highest BCUT2D eigenvalue weighted by molar-refractivity contribution is 7.98. The number of carbonyl (C=O) groups excluding carboxylic acids is 1. The van der Waals surface area contributed by atoms with E-state index in [1.165, 1.54) is 17.2 Å². The lowest BCUT2D eigenvalue weighted by atomic mass is 10.0. The van der Waals surface area contributed by atoms with Crippen LogP contribution in [0.15, 0.2) is 35.2 Å². The molecule has 7 heteroatoms. The lowest BCUT2D eigenvalue weighted by Gasteiger charge is -2.14. The summed E-state index contributed by atoms with van der Waals surface area (Å²) in [6.45, 7) is 5.80. The predicted molar refractivity (Wildman–Crippen MR) is 122 cm³/mol. The molecular weight excluding hydrogens is 430 g/mol. The largest absolute Gasteiger partial charge is 0.350 e. The summed E-state index contributed by atoms with van der Waals surface area (Å²) in [5.41, 5.74) is 3.56. The molecule has 2 N–H and O–H groups in total. The first-order valence-electron chi connectivity index (χ1n) is 9.72. The van der Waals surface area contributed by atoms with E-state index in [0.29, 0.717) is 5.75 Å². The molecule has 0 saturated heterocycles. The third-order valence-corrected chi connectivity index (χ3v) is 6.74. The van der Waals surface area contributed by atoms with Gasteiger partial charge in [0.05, 0.1) is 10.6 Å². The standard InChI is InChI=1S/C22H26ClFN2OS.ClH/c1-3-14(2)26-22(27)18-6-4-15(12-20(18)24)13-28-21-17-9-11-25-10-8-16(17)5-7-19(21)23;/h4-7,12,14,25H,3,8-11,13H2,1-2H3,(H,26,27);1H/t14-;/m1./s1. The van der Waals surface area contributed by atoms with Gasteiger partial charge in [-0.3, -0.25) is 4.79 Å². The average Bonchev–Trinajstić information content (AvgIpc) is 2.92. The third-order valence-electron chi connectivity index (χ3n) is 5.08. The van der Waals surface area contributed by atoms with Crippen molar-refractivity contribution >= 4 is 41.7 Å². The summed E-state index contributed by atoms with van der Waals surface area (Å²) in [4.78, 5) is 13.3. The van der Waals surface area contributed by atoms with Crippen molar-refractivity contribution in [2.75, 3.05) is 13.1 Å². The lowest BCUT2D eigenvalue weighted by molar-refractivity contribution is 0.0935. The zero-order chi connectivity index (χ0) is 20.1. The number of nitrogens with one attached hydrogen (secondary N) is 2. The second kappa shape index (κ2) is 11.2. The van der Waals surface area contributed by atoms with Crippen LogP contribution in [0.3, 0.4) is 0 Å². The van der Waals surface area contributed by atoms with Gasteiger partial charge in [0.1, 0.15) is 5.82 Å². The first-order valence-corrected chi connectivity index (χ1v) is 11.1. The van der Waals surface area contributed by atoms with Gasteiger partial charge in [0.15, 0.2) is 0 Å². The molecule has 1 heterocycles. The zero-order valence-electron chi connectivity index (χ0n) is 16.7. The molecule has 1 aliphatic rings. The van der Waals surface area contributed by atoms with Gasteiger partial charge in [-0.15, -0.1) is 24.2 Å². The summed E-state index contributed by atoms with van der Waals surface area (Å²) < 4.78 is 14.5. The fourth-order valence-electron chi connectivity index (χ4n) is 3.26. The summed E-state index contributed by atoms with van der Waals surface area (Å²) in [5, 5.41) is 6.97. The van der Waals surface area contributed by atoms with Crippen LogP contribution in [0.4, 0.5) is 4.39 Å². The Morgan fingerprint density at radius 3 is 2.76 bits per heavy atom. The number of benzene rings is 2. The summed E-state index contributed by atoms with van der Waals surface area (Å²) >= 11 is 8.11. The Balaban J connectivity index is 0.00000300. The minimum absolute atomic E-state index is 0. The Bertz CT molecular complexity index is 863. The Morgan fingerprint density at radius 2 is 2.03 bits per heavy atom. The minimum atomic E-state index is -0.485. The van der Waals surface area contributed by atoms with E-state index >= 15 is 0 Å². The highest BCUT2D eigenvalue weighted by Crippen LogP contribution is 2.36. The maximum atomic E-state index is 14.5. The quantitative estimate of drug-likeness (QED) is 0.570. The minimum Gasteiger partial charge on any atom is -0.350 e. The van der Waals surface area contributed by atoms with Gasteiger partial charge in [-0.25, -0.2) is 4.39 Å². The molecule has 3 nitrogen and oxygen atoms in total. The molecule has 3 rings (SSSR count). The molecule has 0 spiro atoms. The number of amides is 1. The van der Waals surface area contributed by atoms with E-state index in [2.05, 4.69) is 16.7 Å². The summed E-state index contributed by atoms with van der Waals surface area (Å²) in [7, 11) is 0. The molecular formula is C22H27Cl2FN2OS. The molecule has 0 radical (unpaired) electrons. The van der Waals surface area contributed by atoms with Crippen LogP contribution in [0.5, 0.6) is 0 Å². The second-order valence-electron chi connectivity index (χ2n) is 7.15. The van der Waals surface area contributed by atoms with Crippen molar-refractivity contribution in [1.82, 2.24) is 10.6 Å². The van der Waals surface area contributed by atoms with Crippen LogP contribution in [0.2, 0.25) is 5.02 Å². The maximum absolute atomic E-state index is 14.5. The van der Waals surface area contributed by atoms with Gasteiger partial charge in [0.25, 0.3) is 5.91 Å². The molecule has 2 aromatic carbocycles. The van der Waals surface area contributed by atoms with E-state index in [1.807, 2.05) is 26.0 Å². The van der Waals surface area contributed by atoms with Gasteiger partial charge >= 0.3 is 0 Å². The summed E-state index contributed by atoms with van der Waals surface area (Å²) in [6.07, 6.45) is 2.75.